The molecule has 2 N–H and O–H groups in total. The van der Waals surface area contributed by atoms with E-state index in [1.807, 2.05) is 30.0 Å². The molecule has 1 aromatic heterocycles. The Morgan fingerprint density at radius 1 is 1.10 bits per heavy atom. The first-order valence-corrected chi connectivity index (χ1v) is 11.6. The number of rotatable bonds is 5. The summed E-state index contributed by atoms with van der Waals surface area (Å²) in [4.78, 5) is 23.3. The Balaban J connectivity index is 1.83. The van der Waals surface area contributed by atoms with Gasteiger partial charge in [0.15, 0.2) is 11.6 Å². The molecule has 1 atom stereocenters. The molecule has 0 spiro atoms. The zero-order valence-electron chi connectivity index (χ0n) is 17.5. The fourth-order valence-corrected chi connectivity index (χ4v) is 4.94. The topological polar surface area (TPSA) is 109 Å². The standard InChI is InChI=1S/C22H25N5O3S/c1-15-9-11-17(12-10-15)31(29,30)26(2)21-22(25-19-8-4-3-7-18(19)24-21)27-13-5-6-16(14-27)20(23)28/h3-4,7-12,16H,5-6,13-14H2,1-2H3,(H2,23,28). The first-order valence-electron chi connectivity index (χ1n) is 10.1. The third kappa shape index (κ3) is 4.05. The van der Waals surface area contributed by atoms with Crippen molar-refractivity contribution in [2.75, 3.05) is 29.3 Å². The van der Waals surface area contributed by atoms with Crippen LogP contribution in [0.15, 0.2) is 53.4 Å². The highest BCUT2D eigenvalue weighted by Crippen LogP contribution is 2.33. The van der Waals surface area contributed by atoms with Crippen LogP contribution in [-0.2, 0) is 14.8 Å². The average Bonchev–Trinajstić information content (AvgIpc) is 2.78. The Kier molecular flexibility index (Phi) is 5.53. The predicted molar refractivity (Wildman–Crippen MR) is 120 cm³/mol. The number of nitrogens with zero attached hydrogens (tertiary/aromatic N) is 4. The largest absolute Gasteiger partial charge is 0.369 e. The second-order valence-corrected chi connectivity index (χ2v) is 9.80. The molecular formula is C22H25N5O3S. The first-order chi connectivity index (χ1) is 14.8. The summed E-state index contributed by atoms with van der Waals surface area (Å²) in [6.07, 6.45) is 1.47. The van der Waals surface area contributed by atoms with Crippen LogP contribution in [0.3, 0.4) is 0 Å². The second-order valence-electron chi connectivity index (χ2n) is 7.83. The lowest BCUT2D eigenvalue weighted by molar-refractivity contribution is -0.122. The molecule has 0 bridgehead atoms. The SMILES string of the molecule is Cc1ccc(S(=O)(=O)N(C)c2nc3ccccc3nc2N2CCCC(C(N)=O)C2)cc1. The molecule has 1 aliphatic rings. The molecule has 2 aromatic carbocycles. The van der Waals surface area contributed by atoms with Crippen LogP contribution in [-0.4, -0.2) is 44.4 Å². The maximum Gasteiger partial charge on any atom is 0.265 e. The number of carbonyl (C=O) groups excluding carboxylic acids is 1. The molecule has 0 saturated carbocycles. The fourth-order valence-electron chi connectivity index (χ4n) is 3.79. The van der Waals surface area contributed by atoms with Gasteiger partial charge in [0.2, 0.25) is 5.91 Å². The minimum Gasteiger partial charge on any atom is -0.369 e. The van der Waals surface area contributed by atoms with Crippen LogP contribution in [0, 0.1) is 12.8 Å². The highest BCUT2D eigenvalue weighted by Gasteiger charge is 2.31. The van der Waals surface area contributed by atoms with Crippen LogP contribution in [0.1, 0.15) is 18.4 Å². The van der Waals surface area contributed by atoms with Gasteiger partial charge in [0.05, 0.1) is 21.8 Å². The van der Waals surface area contributed by atoms with Crippen LogP contribution in [0.25, 0.3) is 11.0 Å². The smallest absolute Gasteiger partial charge is 0.265 e. The van der Waals surface area contributed by atoms with E-state index in [4.69, 9.17) is 10.7 Å². The van der Waals surface area contributed by atoms with Gasteiger partial charge >= 0.3 is 0 Å². The molecule has 1 saturated heterocycles. The van der Waals surface area contributed by atoms with Gasteiger partial charge in [0.25, 0.3) is 10.0 Å². The van der Waals surface area contributed by atoms with Crippen LogP contribution in [0.2, 0.25) is 0 Å². The summed E-state index contributed by atoms with van der Waals surface area (Å²) in [5.74, 6) is -0.0123. The molecule has 162 valence electrons. The summed E-state index contributed by atoms with van der Waals surface area (Å²) in [6, 6.07) is 14.0. The van der Waals surface area contributed by atoms with Crippen molar-refractivity contribution >= 4 is 38.6 Å². The van der Waals surface area contributed by atoms with Gasteiger partial charge in [0, 0.05) is 20.1 Å². The lowest BCUT2D eigenvalue weighted by Crippen LogP contribution is -2.42. The number of primary amides is 1. The van der Waals surface area contributed by atoms with E-state index < -0.39 is 10.0 Å². The number of hydrogen-bond donors (Lipinski definition) is 1. The van der Waals surface area contributed by atoms with Gasteiger partial charge in [-0.3, -0.25) is 4.79 Å². The van der Waals surface area contributed by atoms with E-state index in [9.17, 15) is 13.2 Å². The van der Waals surface area contributed by atoms with Crippen LogP contribution in [0.5, 0.6) is 0 Å². The lowest BCUT2D eigenvalue weighted by Gasteiger charge is -2.34. The molecule has 31 heavy (non-hydrogen) atoms. The predicted octanol–water partition coefficient (Wildman–Crippen LogP) is 2.47. The van der Waals surface area contributed by atoms with Gasteiger partial charge in [-0.15, -0.1) is 0 Å². The fraction of sp³-hybridized carbons (Fsp3) is 0.318. The van der Waals surface area contributed by atoms with Crippen molar-refractivity contribution in [3.8, 4) is 0 Å². The molecule has 1 unspecified atom stereocenters. The molecule has 1 fully saturated rings. The first kappa shape index (κ1) is 21.0. The summed E-state index contributed by atoms with van der Waals surface area (Å²) >= 11 is 0. The molecule has 3 aromatic rings. The molecule has 0 radical (unpaired) electrons. The highest BCUT2D eigenvalue weighted by atomic mass is 32.2. The molecule has 4 rings (SSSR count). The number of nitrogens with two attached hydrogens (primary N) is 1. The van der Waals surface area contributed by atoms with Crippen LogP contribution < -0.4 is 14.9 Å². The van der Waals surface area contributed by atoms with Crippen molar-refractivity contribution in [2.45, 2.75) is 24.7 Å². The molecule has 9 heteroatoms. The van der Waals surface area contributed by atoms with Crippen molar-refractivity contribution in [2.24, 2.45) is 11.7 Å². The Bertz CT molecular complexity index is 1230. The van der Waals surface area contributed by atoms with Gasteiger partial charge in [-0.25, -0.2) is 22.7 Å². The number of amides is 1. The number of fused-ring (bicyclic) bond motifs is 1. The number of sulfonamides is 1. The van der Waals surface area contributed by atoms with Crippen molar-refractivity contribution in [1.29, 1.82) is 0 Å². The summed E-state index contributed by atoms with van der Waals surface area (Å²) in [7, 11) is -2.38. The van der Waals surface area contributed by atoms with Gasteiger partial charge in [-0.05, 0) is 44.0 Å². The van der Waals surface area contributed by atoms with Gasteiger partial charge in [-0.1, -0.05) is 29.8 Å². The van der Waals surface area contributed by atoms with Gasteiger partial charge in [-0.2, -0.15) is 0 Å². The Hall–Kier alpha value is -3.20. The summed E-state index contributed by atoms with van der Waals surface area (Å²) < 4.78 is 27.9. The number of piperidine rings is 1. The van der Waals surface area contributed by atoms with Gasteiger partial charge < -0.3 is 10.6 Å². The Morgan fingerprint density at radius 2 is 1.74 bits per heavy atom. The maximum atomic E-state index is 13.4. The molecule has 0 aliphatic carbocycles. The maximum absolute atomic E-state index is 13.4. The number of aryl methyl sites for hydroxylation is 1. The van der Waals surface area contributed by atoms with Crippen molar-refractivity contribution < 1.29 is 13.2 Å². The van der Waals surface area contributed by atoms with Crippen molar-refractivity contribution in [1.82, 2.24) is 9.97 Å². The van der Waals surface area contributed by atoms with Crippen molar-refractivity contribution in [3.63, 3.8) is 0 Å². The molecular weight excluding hydrogens is 414 g/mol. The van der Waals surface area contributed by atoms with E-state index in [1.165, 1.54) is 11.4 Å². The average molecular weight is 440 g/mol. The van der Waals surface area contributed by atoms with E-state index in [1.54, 1.807) is 30.3 Å². The van der Waals surface area contributed by atoms with Crippen molar-refractivity contribution in [3.05, 3.63) is 54.1 Å². The lowest BCUT2D eigenvalue weighted by atomic mass is 9.97. The number of carbonyl (C=O) groups is 1. The van der Waals surface area contributed by atoms with E-state index >= 15 is 0 Å². The monoisotopic (exact) mass is 439 g/mol. The minimum atomic E-state index is -3.86. The summed E-state index contributed by atoms with van der Waals surface area (Å²) in [5.41, 5.74) is 7.77. The number of anilines is 2. The number of benzene rings is 2. The third-order valence-electron chi connectivity index (χ3n) is 5.64. The Morgan fingerprint density at radius 3 is 2.39 bits per heavy atom. The highest BCUT2D eigenvalue weighted by molar-refractivity contribution is 7.92. The quantitative estimate of drug-likeness (QED) is 0.654. The number of para-hydroxylation sites is 2. The Labute approximate surface area is 181 Å². The van der Waals surface area contributed by atoms with Crippen LogP contribution >= 0.6 is 0 Å². The van der Waals surface area contributed by atoms with E-state index in [0.29, 0.717) is 36.4 Å². The minimum absolute atomic E-state index is 0.176. The third-order valence-corrected chi connectivity index (χ3v) is 7.40. The second kappa shape index (κ2) is 8.14. The van der Waals surface area contributed by atoms with Gasteiger partial charge in [0.1, 0.15) is 0 Å². The van der Waals surface area contributed by atoms with Crippen LogP contribution in [0.4, 0.5) is 11.6 Å². The number of aromatic nitrogens is 2. The molecule has 1 amide bonds. The number of hydrogen-bond acceptors (Lipinski definition) is 6. The van der Waals surface area contributed by atoms with E-state index in [-0.39, 0.29) is 22.5 Å². The molecule has 8 nitrogen and oxygen atoms in total. The summed E-state index contributed by atoms with van der Waals surface area (Å²) in [5, 5.41) is 0. The normalized spacial score (nSPS) is 17.0. The van der Waals surface area contributed by atoms with E-state index in [0.717, 1.165) is 12.0 Å². The molecule has 1 aliphatic heterocycles. The molecule has 2 heterocycles. The zero-order chi connectivity index (χ0) is 22.2. The summed E-state index contributed by atoms with van der Waals surface area (Å²) in [6.45, 7) is 2.93. The van der Waals surface area contributed by atoms with E-state index in [2.05, 4.69) is 4.98 Å². The zero-order valence-corrected chi connectivity index (χ0v) is 18.3.